The first-order chi connectivity index (χ1) is 9.17. The minimum absolute atomic E-state index is 0.314. The number of rotatable bonds is 2. The van der Waals surface area contributed by atoms with E-state index in [1.807, 2.05) is 18.2 Å². The van der Waals surface area contributed by atoms with Gasteiger partial charge in [0.25, 0.3) is 0 Å². The molecular formula is C16H21NO2. The van der Waals surface area contributed by atoms with Gasteiger partial charge in [-0.2, -0.15) is 0 Å². The zero-order chi connectivity index (χ0) is 13.7. The molecule has 3 nitrogen and oxygen atoms in total. The van der Waals surface area contributed by atoms with Crippen LogP contribution in [0.2, 0.25) is 0 Å². The number of hydrogen-bond donors (Lipinski definition) is 1. The number of methoxy groups -OCH3 is 2. The van der Waals surface area contributed by atoms with Gasteiger partial charge in [0.2, 0.25) is 0 Å². The van der Waals surface area contributed by atoms with Crippen LogP contribution in [0.1, 0.15) is 37.7 Å². The molecule has 0 radical (unpaired) electrons. The van der Waals surface area contributed by atoms with E-state index in [2.05, 4.69) is 11.8 Å². The summed E-state index contributed by atoms with van der Waals surface area (Å²) in [4.78, 5) is 0. The topological polar surface area (TPSA) is 44.5 Å². The standard InChI is InChI=1S/C16H21NO2/c1-18-14-7-6-13(12-15(14)19-2)8-11-16(17)9-4-3-5-10-16/h6-7,12H,3-5,9-10,17H2,1-2H3. The van der Waals surface area contributed by atoms with Gasteiger partial charge in [-0.05, 0) is 31.0 Å². The van der Waals surface area contributed by atoms with Crippen molar-refractivity contribution in [1.29, 1.82) is 0 Å². The lowest BCUT2D eigenvalue weighted by molar-refractivity contribution is 0.355. The predicted molar refractivity (Wildman–Crippen MR) is 76.4 cm³/mol. The predicted octanol–water partition coefficient (Wildman–Crippen LogP) is 2.72. The van der Waals surface area contributed by atoms with Crippen molar-refractivity contribution >= 4 is 0 Å². The van der Waals surface area contributed by atoms with Crippen LogP contribution in [0.15, 0.2) is 18.2 Å². The Bertz CT molecular complexity index is 493. The number of nitrogens with two attached hydrogens (primary N) is 1. The summed E-state index contributed by atoms with van der Waals surface area (Å²) < 4.78 is 10.5. The third-order valence-electron chi connectivity index (χ3n) is 3.59. The third kappa shape index (κ3) is 3.42. The molecule has 0 saturated heterocycles. The highest BCUT2D eigenvalue weighted by Gasteiger charge is 2.24. The van der Waals surface area contributed by atoms with Crippen LogP contribution < -0.4 is 15.2 Å². The van der Waals surface area contributed by atoms with Crippen LogP contribution in [-0.4, -0.2) is 19.8 Å². The molecule has 1 saturated carbocycles. The first-order valence-electron chi connectivity index (χ1n) is 6.71. The van der Waals surface area contributed by atoms with Gasteiger partial charge >= 0.3 is 0 Å². The van der Waals surface area contributed by atoms with Gasteiger partial charge in [0, 0.05) is 5.56 Å². The fourth-order valence-electron chi connectivity index (χ4n) is 2.42. The molecule has 0 amide bonds. The van der Waals surface area contributed by atoms with Gasteiger partial charge < -0.3 is 15.2 Å². The van der Waals surface area contributed by atoms with Crippen LogP contribution in [0, 0.1) is 11.8 Å². The van der Waals surface area contributed by atoms with Crippen molar-refractivity contribution in [3.05, 3.63) is 23.8 Å². The van der Waals surface area contributed by atoms with E-state index in [0.717, 1.165) is 18.4 Å². The summed E-state index contributed by atoms with van der Waals surface area (Å²) in [5.41, 5.74) is 6.90. The monoisotopic (exact) mass is 259 g/mol. The van der Waals surface area contributed by atoms with Crippen LogP contribution in [0.5, 0.6) is 11.5 Å². The summed E-state index contributed by atoms with van der Waals surface area (Å²) in [6.07, 6.45) is 5.62. The van der Waals surface area contributed by atoms with Gasteiger partial charge in [-0.25, -0.2) is 0 Å². The summed E-state index contributed by atoms with van der Waals surface area (Å²) in [5, 5.41) is 0. The van der Waals surface area contributed by atoms with Crippen LogP contribution in [-0.2, 0) is 0 Å². The largest absolute Gasteiger partial charge is 0.493 e. The van der Waals surface area contributed by atoms with Crippen molar-refractivity contribution in [3.8, 4) is 23.3 Å². The van der Waals surface area contributed by atoms with E-state index in [0.29, 0.717) is 11.5 Å². The van der Waals surface area contributed by atoms with Crippen LogP contribution in [0.25, 0.3) is 0 Å². The zero-order valence-electron chi connectivity index (χ0n) is 11.7. The molecule has 1 aromatic rings. The second-order valence-corrected chi connectivity index (χ2v) is 5.04. The lowest BCUT2D eigenvalue weighted by Crippen LogP contribution is -2.40. The molecule has 0 atom stereocenters. The van der Waals surface area contributed by atoms with Gasteiger partial charge in [-0.1, -0.05) is 31.1 Å². The van der Waals surface area contributed by atoms with Crippen molar-refractivity contribution in [1.82, 2.24) is 0 Å². The molecule has 0 spiro atoms. The van der Waals surface area contributed by atoms with E-state index in [1.54, 1.807) is 14.2 Å². The van der Waals surface area contributed by atoms with E-state index >= 15 is 0 Å². The summed E-state index contributed by atoms with van der Waals surface area (Å²) in [7, 11) is 3.25. The second-order valence-electron chi connectivity index (χ2n) is 5.04. The van der Waals surface area contributed by atoms with Crippen molar-refractivity contribution in [2.75, 3.05) is 14.2 Å². The van der Waals surface area contributed by atoms with Gasteiger partial charge in [0.1, 0.15) is 0 Å². The maximum absolute atomic E-state index is 6.30. The van der Waals surface area contributed by atoms with Gasteiger partial charge in [-0.3, -0.25) is 0 Å². The Morgan fingerprint density at radius 2 is 1.74 bits per heavy atom. The Morgan fingerprint density at radius 1 is 1.05 bits per heavy atom. The Hall–Kier alpha value is -1.66. The van der Waals surface area contributed by atoms with Crippen LogP contribution in [0.4, 0.5) is 0 Å². The van der Waals surface area contributed by atoms with Gasteiger partial charge in [0.05, 0.1) is 19.8 Å². The van der Waals surface area contributed by atoms with Crippen molar-refractivity contribution in [2.45, 2.75) is 37.6 Å². The number of benzene rings is 1. The molecule has 1 aromatic carbocycles. The average molecular weight is 259 g/mol. The molecule has 1 fully saturated rings. The lowest BCUT2D eigenvalue weighted by Gasteiger charge is -2.27. The minimum atomic E-state index is -0.314. The van der Waals surface area contributed by atoms with Gasteiger partial charge in [0.15, 0.2) is 11.5 Å². The molecule has 0 aromatic heterocycles. The molecule has 1 aliphatic carbocycles. The van der Waals surface area contributed by atoms with E-state index < -0.39 is 0 Å². The Balaban J connectivity index is 2.19. The van der Waals surface area contributed by atoms with Crippen LogP contribution in [0.3, 0.4) is 0 Å². The highest BCUT2D eigenvalue weighted by Crippen LogP contribution is 2.28. The molecule has 0 unspecified atom stereocenters. The quantitative estimate of drug-likeness (QED) is 0.831. The Kier molecular flexibility index (Phi) is 4.34. The fraction of sp³-hybridized carbons (Fsp3) is 0.500. The molecule has 2 rings (SSSR count). The third-order valence-corrected chi connectivity index (χ3v) is 3.59. The highest BCUT2D eigenvalue weighted by atomic mass is 16.5. The Labute approximate surface area is 115 Å². The van der Waals surface area contributed by atoms with E-state index in [9.17, 15) is 0 Å². The smallest absolute Gasteiger partial charge is 0.161 e. The molecule has 2 N–H and O–H groups in total. The normalized spacial score (nSPS) is 17.2. The first kappa shape index (κ1) is 13.8. The molecule has 102 valence electrons. The van der Waals surface area contributed by atoms with E-state index in [4.69, 9.17) is 15.2 Å². The van der Waals surface area contributed by atoms with E-state index in [-0.39, 0.29) is 5.54 Å². The van der Waals surface area contributed by atoms with Crippen molar-refractivity contribution < 1.29 is 9.47 Å². The van der Waals surface area contributed by atoms with Gasteiger partial charge in [-0.15, -0.1) is 0 Å². The van der Waals surface area contributed by atoms with Crippen molar-refractivity contribution in [2.24, 2.45) is 5.73 Å². The fourth-order valence-corrected chi connectivity index (χ4v) is 2.42. The molecule has 3 heteroatoms. The minimum Gasteiger partial charge on any atom is -0.493 e. The average Bonchev–Trinajstić information content (AvgIpc) is 2.45. The Morgan fingerprint density at radius 3 is 2.37 bits per heavy atom. The summed E-state index contributed by atoms with van der Waals surface area (Å²) in [6, 6.07) is 5.69. The summed E-state index contributed by atoms with van der Waals surface area (Å²) in [6.45, 7) is 0. The number of ether oxygens (including phenoxy) is 2. The molecule has 0 aliphatic heterocycles. The number of hydrogen-bond acceptors (Lipinski definition) is 3. The lowest BCUT2D eigenvalue weighted by atomic mass is 9.83. The maximum atomic E-state index is 6.30. The molecule has 1 aliphatic rings. The first-order valence-corrected chi connectivity index (χ1v) is 6.71. The highest BCUT2D eigenvalue weighted by molar-refractivity contribution is 5.49. The zero-order valence-corrected chi connectivity index (χ0v) is 11.7. The summed E-state index contributed by atoms with van der Waals surface area (Å²) in [5.74, 6) is 7.82. The van der Waals surface area contributed by atoms with Crippen LogP contribution >= 0.6 is 0 Å². The molecule has 19 heavy (non-hydrogen) atoms. The van der Waals surface area contributed by atoms with Crippen molar-refractivity contribution in [3.63, 3.8) is 0 Å². The second kappa shape index (κ2) is 5.99. The molecule has 0 bridgehead atoms. The summed E-state index contributed by atoms with van der Waals surface area (Å²) >= 11 is 0. The molecule has 0 heterocycles. The SMILES string of the molecule is COc1ccc(C#CC2(N)CCCCC2)cc1OC. The van der Waals surface area contributed by atoms with E-state index in [1.165, 1.54) is 19.3 Å². The maximum Gasteiger partial charge on any atom is 0.161 e. The molecular weight excluding hydrogens is 238 g/mol.